The third kappa shape index (κ3) is 11.4. The van der Waals surface area contributed by atoms with Gasteiger partial charge in [0.1, 0.15) is 11.3 Å². The summed E-state index contributed by atoms with van der Waals surface area (Å²) in [6, 6.07) is -0.432. The summed E-state index contributed by atoms with van der Waals surface area (Å²) in [5.41, 5.74) is -1.38. The first-order valence-electron chi connectivity index (χ1n) is 12.6. The predicted molar refractivity (Wildman–Crippen MR) is 128 cm³/mol. The largest absolute Gasteiger partial charge is 0.444 e. The topological polar surface area (TPSA) is 59.0 Å². The second-order valence-electron chi connectivity index (χ2n) is 10.4. The summed E-state index contributed by atoms with van der Waals surface area (Å²) in [5, 5.41) is 10.7. The van der Waals surface area contributed by atoms with Gasteiger partial charge >= 0.3 is 6.09 Å². The van der Waals surface area contributed by atoms with Gasteiger partial charge in [0.05, 0.1) is 18.8 Å². The second kappa shape index (κ2) is 14.2. The van der Waals surface area contributed by atoms with Gasteiger partial charge in [-0.3, -0.25) is 4.90 Å². The van der Waals surface area contributed by atoms with E-state index in [2.05, 4.69) is 6.92 Å². The van der Waals surface area contributed by atoms with E-state index in [4.69, 9.17) is 9.47 Å². The van der Waals surface area contributed by atoms with Crippen molar-refractivity contribution in [3.63, 3.8) is 0 Å². The molecule has 31 heavy (non-hydrogen) atoms. The van der Waals surface area contributed by atoms with Gasteiger partial charge in [-0.05, 0) is 47.5 Å². The Morgan fingerprint density at radius 2 is 1.58 bits per heavy atom. The van der Waals surface area contributed by atoms with Gasteiger partial charge in [-0.15, -0.1) is 0 Å². The molecule has 1 heterocycles. The number of aliphatic hydroxyl groups is 1. The van der Waals surface area contributed by atoms with Gasteiger partial charge in [-0.2, -0.15) is 0 Å². The molecule has 0 bridgehead atoms. The van der Waals surface area contributed by atoms with Crippen LogP contribution in [0.15, 0.2) is 12.2 Å². The molecule has 5 nitrogen and oxygen atoms in total. The highest BCUT2D eigenvalue weighted by Gasteiger charge is 2.47. The molecule has 0 radical (unpaired) electrons. The minimum Gasteiger partial charge on any atom is -0.444 e. The molecule has 5 heteroatoms. The maximum atomic E-state index is 12.7. The van der Waals surface area contributed by atoms with E-state index in [0.717, 1.165) is 12.8 Å². The maximum Gasteiger partial charge on any atom is 0.413 e. The number of carbonyl (C=O) groups is 1. The molecule has 0 saturated carbocycles. The quantitative estimate of drug-likeness (QED) is 0.234. The van der Waals surface area contributed by atoms with Crippen LogP contribution in [0.3, 0.4) is 0 Å². The number of nitrogens with zero attached hydrogens (tertiary/aromatic N) is 1. The fraction of sp³-hybridized carbons (Fsp3) is 0.885. The van der Waals surface area contributed by atoms with Crippen molar-refractivity contribution < 1.29 is 19.4 Å². The van der Waals surface area contributed by atoms with Crippen molar-refractivity contribution in [2.24, 2.45) is 0 Å². The molecule has 1 rings (SSSR count). The van der Waals surface area contributed by atoms with Gasteiger partial charge < -0.3 is 14.6 Å². The molecular weight excluding hydrogens is 390 g/mol. The summed E-state index contributed by atoms with van der Waals surface area (Å²) in [6.45, 7) is 11.8. The Balaban J connectivity index is 2.26. The van der Waals surface area contributed by atoms with Crippen molar-refractivity contribution in [3.05, 3.63) is 12.2 Å². The number of hydrogen-bond donors (Lipinski definition) is 1. The summed E-state index contributed by atoms with van der Waals surface area (Å²) < 4.78 is 11.3. The molecule has 0 spiro atoms. The highest BCUT2D eigenvalue weighted by molar-refractivity contribution is 5.70. The number of allylic oxidation sites excluding steroid dienone is 1. The van der Waals surface area contributed by atoms with E-state index in [-0.39, 0.29) is 0 Å². The van der Waals surface area contributed by atoms with Crippen molar-refractivity contribution in [1.82, 2.24) is 4.90 Å². The summed E-state index contributed by atoms with van der Waals surface area (Å²) in [4.78, 5) is 14.2. The monoisotopic (exact) mass is 439 g/mol. The van der Waals surface area contributed by atoms with Crippen LogP contribution in [0.25, 0.3) is 0 Å². The van der Waals surface area contributed by atoms with Crippen LogP contribution >= 0.6 is 0 Å². The molecule has 1 aliphatic rings. The van der Waals surface area contributed by atoms with E-state index in [1.807, 2.05) is 46.8 Å². The summed E-state index contributed by atoms with van der Waals surface area (Å²) in [5.74, 6) is 0. The summed E-state index contributed by atoms with van der Waals surface area (Å²) in [7, 11) is 0. The molecule has 182 valence electrons. The first-order valence-corrected chi connectivity index (χ1v) is 12.6. The minimum atomic E-state index is -0.794. The Labute approximate surface area is 191 Å². The number of aliphatic hydroxyl groups excluding tert-OH is 1. The number of rotatable bonds is 14. The lowest BCUT2D eigenvalue weighted by Gasteiger charge is -2.36. The van der Waals surface area contributed by atoms with Crippen LogP contribution in [0.1, 0.15) is 119 Å². The summed E-state index contributed by atoms with van der Waals surface area (Å²) in [6.07, 6.45) is 18.2. The molecule has 1 N–H and O–H groups in total. The fourth-order valence-corrected chi connectivity index (χ4v) is 4.04. The lowest BCUT2D eigenvalue weighted by Crippen LogP contribution is -2.53. The third-order valence-electron chi connectivity index (χ3n) is 5.81. The van der Waals surface area contributed by atoms with Crippen LogP contribution in [-0.4, -0.2) is 46.2 Å². The van der Waals surface area contributed by atoms with Crippen LogP contribution in [-0.2, 0) is 9.47 Å². The molecule has 0 unspecified atom stereocenters. The van der Waals surface area contributed by atoms with Crippen molar-refractivity contribution in [1.29, 1.82) is 0 Å². The molecule has 1 aliphatic heterocycles. The lowest BCUT2D eigenvalue weighted by molar-refractivity contribution is -0.0661. The molecule has 2 atom stereocenters. The molecule has 0 aliphatic carbocycles. The standard InChI is InChI=1S/C26H49NO4/c1-7-8-9-10-11-12-13-14-15-16-17-18-19-20-23(28)22-21-30-26(5,6)27(22)24(29)31-25(2,3)4/h19-20,22-23,28H,7-18,21H2,1-6H3/b20-19+/t22-,23-/m0/s1. The van der Waals surface area contributed by atoms with Gasteiger partial charge in [-0.25, -0.2) is 4.79 Å². The highest BCUT2D eigenvalue weighted by atomic mass is 16.6. The van der Waals surface area contributed by atoms with Crippen LogP contribution < -0.4 is 0 Å². The number of hydrogen-bond acceptors (Lipinski definition) is 4. The summed E-state index contributed by atoms with van der Waals surface area (Å²) >= 11 is 0. The van der Waals surface area contributed by atoms with Crippen LogP contribution in [0.5, 0.6) is 0 Å². The number of amides is 1. The van der Waals surface area contributed by atoms with Gasteiger partial charge in [0, 0.05) is 0 Å². The van der Waals surface area contributed by atoms with Crippen molar-refractivity contribution in [2.45, 2.75) is 142 Å². The smallest absolute Gasteiger partial charge is 0.413 e. The fourth-order valence-electron chi connectivity index (χ4n) is 4.04. The van der Waals surface area contributed by atoms with Gasteiger partial charge in [0.15, 0.2) is 0 Å². The Morgan fingerprint density at radius 3 is 2.10 bits per heavy atom. The van der Waals surface area contributed by atoms with Gasteiger partial charge in [0.25, 0.3) is 0 Å². The molecule has 1 saturated heterocycles. The molecule has 0 aromatic carbocycles. The minimum absolute atomic E-state index is 0.302. The van der Waals surface area contributed by atoms with E-state index in [0.29, 0.717) is 6.61 Å². The Kier molecular flexibility index (Phi) is 12.8. The van der Waals surface area contributed by atoms with Crippen molar-refractivity contribution in [3.8, 4) is 0 Å². The molecule has 0 aromatic rings. The average Bonchev–Trinajstić information content (AvgIpc) is 2.99. The zero-order valence-electron chi connectivity index (χ0n) is 21.1. The number of ether oxygens (including phenoxy) is 2. The molecule has 1 fully saturated rings. The van der Waals surface area contributed by atoms with E-state index in [9.17, 15) is 9.90 Å². The second-order valence-corrected chi connectivity index (χ2v) is 10.4. The molecule has 1 amide bonds. The maximum absolute atomic E-state index is 12.7. The SMILES string of the molecule is CCCCCCCCCCCCC/C=C/[C@H](O)[C@@H]1COC(C)(C)N1C(=O)OC(C)(C)C. The van der Waals surface area contributed by atoms with E-state index < -0.39 is 29.6 Å². The van der Waals surface area contributed by atoms with Crippen molar-refractivity contribution >= 4 is 6.09 Å². The zero-order valence-corrected chi connectivity index (χ0v) is 21.1. The highest BCUT2D eigenvalue weighted by Crippen LogP contribution is 2.31. The van der Waals surface area contributed by atoms with Gasteiger partial charge in [-0.1, -0.05) is 83.3 Å². The number of carbonyl (C=O) groups excluding carboxylic acids is 1. The van der Waals surface area contributed by atoms with Gasteiger partial charge in [0.2, 0.25) is 0 Å². The van der Waals surface area contributed by atoms with Crippen LogP contribution in [0.4, 0.5) is 4.79 Å². The Morgan fingerprint density at radius 1 is 1.06 bits per heavy atom. The van der Waals surface area contributed by atoms with E-state index in [1.165, 1.54) is 69.1 Å². The number of unbranched alkanes of at least 4 members (excludes halogenated alkanes) is 11. The predicted octanol–water partition coefficient (Wildman–Crippen LogP) is 6.98. The van der Waals surface area contributed by atoms with E-state index >= 15 is 0 Å². The normalized spacial score (nSPS) is 19.8. The average molecular weight is 440 g/mol. The lowest BCUT2D eigenvalue weighted by atomic mass is 10.0. The first-order chi connectivity index (χ1) is 14.6. The first kappa shape index (κ1) is 28.0. The van der Waals surface area contributed by atoms with E-state index in [1.54, 1.807) is 0 Å². The van der Waals surface area contributed by atoms with Crippen LogP contribution in [0, 0.1) is 0 Å². The molecular formula is C26H49NO4. The zero-order chi connectivity index (χ0) is 23.3. The molecule has 0 aromatic heterocycles. The Bertz CT molecular complexity index is 524. The third-order valence-corrected chi connectivity index (χ3v) is 5.81. The van der Waals surface area contributed by atoms with Crippen LogP contribution in [0.2, 0.25) is 0 Å². The Hall–Kier alpha value is -1.07. The van der Waals surface area contributed by atoms with Crippen molar-refractivity contribution in [2.75, 3.05) is 6.61 Å².